The Kier molecular flexibility index (Phi) is 6.56. The number of amides is 1. The number of phenols is 1. The van der Waals surface area contributed by atoms with Crippen molar-refractivity contribution in [3.8, 4) is 11.6 Å². The molecule has 154 valence electrons. The number of nitrogens with zero attached hydrogens (tertiary/aromatic N) is 1. The van der Waals surface area contributed by atoms with Crippen LogP contribution in [-0.4, -0.2) is 27.3 Å². The van der Waals surface area contributed by atoms with Gasteiger partial charge in [0.1, 0.15) is 5.75 Å². The van der Waals surface area contributed by atoms with Gasteiger partial charge < -0.3 is 15.5 Å². The number of aromatic nitrogens is 1. The standard InChI is InChI=1S/C22H20IN3O4/c1-3-12(2)20(28)25-18-7-4-13(8-19(18)27)10-24-11-17-16-9-14(23)5-6-15(16)21(29)26-22(17)30/h3-9,11,27H,10H2,1-2H3,(H,25,28)(H2,26,29,30)/b12-3+,24-11?. The third-order valence-electron chi connectivity index (χ3n) is 4.60. The average molecular weight is 517 g/mol. The molecule has 0 aliphatic heterocycles. The molecule has 7 nitrogen and oxygen atoms in total. The lowest BCUT2D eigenvalue weighted by atomic mass is 10.1. The Hall–Kier alpha value is -3.14. The number of aliphatic imine (C=N–C) groups is 1. The number of fused-ring (bicyclic) bond motifs is 1. The molecule has 0 radical (unpaired) electrons. The fraction of sp³-hybridized carbons (Fsp3) is 0.136. The van der Waals surface area contributed by atoms with Crippen molar-refractivity contribution in [2.75, 3.05) is 5.32 Å². The first-order chi connectivity index (χ1) is 14.3. The van der Waals surface area contributed by atoms with Gasteiger partial charge in [0.2, 0.25) is 5.88 Å². The highest BCUT2D eigenvalue weighted by Crippen LogP contribution is 2.26. The van der Waals surface area contributed by atoms with Crippen molar-refractivity contribution in [1.82, 2.24) is 4.98 Å². The lowest BCUT2D eigenvalue weighted by Gasteiger charge is -2.09. The number of nitrogens with one attached hydrogen (secondary N) is 2. The predicted octanol–water partition coefficient (Wildman–Crippen LogP) is 4.07. The van der Waals surface area contributed by atoms with Crippen LogP contribution in [-0.2, 0) is 11.3 Å². The summed E-state index contributed by atoms with van der Waals surface area (Å²) >= 11 is 2.14. The average Bonchev–Trinajstić information content (AvgIpc) is 2.71. The van der Waals surface area contributed by atoms with Gasteiger partial charge in [-0.05, 0) is 72.3 Å². The number of carbonyl (C=O) groups is 1. The maximum atomic E-state index is 12.0. The number of allylic oxidation sites excluding steroid dienone is 1. The van der Waals surface area contributed by atoms with Gasteiger partial charge >= 0.3 is 0 Å². The number of rotatable bonds is 5. The van der Waals surface area contributed by atoms with Crippen LogP contribution in [0.1, 0.15) is 25.0 Å². The Morgan fingerprint density at radius 3 is 2.67 bits per heavy atom. The highest BCUT2D eigenvalue weighted by atomic mass is 127. The highest BCUT2D eigenvalue weighted by molar-refractivity contribution is 14.1. The van der Waals surface area contributed by atoms with Gasteiger partial charge in [-0.3, -0.25) is 19.6 Å². The Bertz CT molecular complexity index is 1250. The Labute approximate surface area is 186 Å². The van der Waals surface area contributed by atoms with E-state index in [9.17, 15) is 19.8 Å². The van der Waals surface area contributed by atoms with E-state index < -0.39 is 0 Å². The molecular weight excluding hydrogens is 497 g/mol. The first kappa shape index (κ1) is 21.6. The first-order valence-corrected chi connectivity index (χ1v) is 10.2. The van der Waals surface area contributed by atoms with E-state index in [1.54, 1.807) is 38.1 Å². The topological polar surface area (TPSA) is 115 Å². The molecule has 0 unspecified atom stereocenters. The number of hydrogen-bond acceptors (Lipinski definition) is 5. The number of H-pyrrole nitrogens is 1. The van der Waals surface area contributed by atoms with E-state index in [-0.39, 0.29) is 29.6 Å². The van der Waals surface area contributed by atoms with Gasteiger partial charge in [0.15, 0.2) is 0 Å². The van der Waals surface area contributed by atoms with Crippen LogP contribution in [0.5, 0.6) is 11.6 Å². The number of benzene rings is 2. The van der Waals surface area contributed by atoms with Crippen LogP contribution in [0, 0.1) is 3.57 Å². The smallest absolute Gasteiger partial charge is 0.258 e. The molecule has 8 heteroatoms. The number of carbonyl (C=O) groups excluding carboxylic acids is 1. The molecule has 0 spiro atoms. The van der Waals surface area contributed by atoms with Gasteiger partial charge in [-0.1, -0.05) is 12.1 Å². The molecule has 0 saturated heterocycles. The minimum atomic E-state index is -0.369. The van der Waals surface area contributed by atoms with E-state index in [0.29, 0.717) is 33.2 Å². The summed E-state index contributed by atoms with van der Waals surface area (Å²) in [5.74, 6) is -0.598. The van der Waals surface area contributed by atoms with Crippen molar-refractivity contribution in [3.63, 3.8) is 0 Å². The summed E-state index contributed by atoms with van der Waals surface area (Å²) in [5.41, 5.74) is 1.62. The van der Waals surface area contributed by atoms with Crippen molar-refractivity contribution in [1.29, 1.82) is 0 Å². The second-order valence-corrected chi connectivity index (χ2v) is 7.90. The van der Waals surface area contributed by atoms with Gasteiger partial charge in [-0.2, -0.15) is 0 Å². The molecule has 1 aromatic heterocycles. The quantitative estimate of drug-likeness (QED) is 0.177. The molecule has 0 atom stereocenters. The van der Waals surface area contributed by atoms with E-state index in [2.05, 4.69) is 37.9 Å². The minimum Gasteiger partial charge on any atom is -0.506 e. The second-order valence-electron chi connectivity index (χ2n) is 6.65. The Morgan fingerprint density at radius 1 is 1.20 bits per heavy atom. The summed E-state index contributed by atoms with van der Waals surface area (Å²) in [6.07, 6.45) is 3.18. The normalized spacial score (nSPS) is 11.9. The first-order valence-electron chi connectivity index (χ1n) is 9.10. The molecule has 4 N–H and O–H groups in total. The molecule has 1 heterocycles. The number of aromatic hydroxyl groups is 2. The van der Waals surface area contributed by atoms with E-state index in [0.717, 1.165) is 3.57 Å². The molecule has 1 amide bonds. The van der Waals surface area contributed by atoms with Crippen LogP contribution in [0.25, 0.3) is 10.8 Å². The van der Waals surface area contributed by atoms with Crippen LogP contribution in [0.2, 0.25) is 0 Å². The number of phenolic OH excluding ortho intramolecular Hbond substituents is 1. The van der Waals surface area contributed by atoms with Crippen LogP contribution < -0.4 is 10.9 Å². The Morgan fingerprint density at radius 2 is 1.97 bits per heavy atom. The zero-order chi connectivity index (χ0) is 21.8. The molecule has 2 aromatic carbocycles. The third-order valence-corrected chi connectivity index (χ3v) is 5.27. The molecular formula is C22H20IN3O4. The van der Waals surface area contributed by atoms with Crippen molar-refractivity contribution in [2.45, 2.75) is 20.4 Å². The number of halogens is 1. The molecule has 3 rings (SSSR count). The summed E-state index contributed by atoms with van der Waals surface area (Å²) < 4.78 is 0.926. The number of aromatic amines is 1. The highest BCUT2D eigenvalue weighted by Gasteiger charge is 2.10. The zero-order valence-corrected chi connectivity index (χ0v) is 18.5. The van der Waals surface area contributed by atoms with E-state index in [4.69, 9.17) is 0 Å². The summed E-state index contributed by atoms with van der Waals surface area (Å²) in [6, 6.07) is 10.2. The molecule has 0 bridgehead atoms. The summed E-state index contributed by atoms with van der Waals surface area (Å²) in [5, 5.41) is 24.1. The van der Waals surface area contributed by atoms with Crippen LogP contribution >= 0.6 is 22.6 Å². The van der Waals surface area contributed by atoms with Crippen LogP contribution in [0.15, 0.2) is 57.8 Å². The molecule has 0 saturated carbocycles. The fourth-order valence-electron chi connectivity index (χ4n) is 2.81. The fourth-order valence-corrected chi connectivity index (χ4v) is 3.30. The SMILES string of the molecule is C/C=C(\C)C(=O)Nc1ccc(CN=Cc2c(O)[nH]c(=O)c3ccc(I)cc23)cc1O. The summed E-state index contributed by atoms with van der Waals surface area (Å²) in [7, 11) is 0. The monoisotopic (exact) mass is 517 g/mol. The number of anilines is 1. The molecule has 0 aliphatic rings. The van der Waals surface area contributed by atoms with Crippen molar-refractivity contribution >= 4 is 51.2 Å². The third kappa shape index (κ3) is 4.70. The molecule has 30 heavy (non-hydrogen) atoms. The van der Waals surface area contributed by atoms with Crippen molar-refractivity contribution < 1.29 is 15.0 Å². The summed E-state index contributed by atoms with van der Waals surface area (Å²) in [4.78, 5) is 30.7. The molecule has 3 aromatic rings. The van der Waals surface area contributed by atoms with E-state index in [1.807, 2.05) is 12.1 Å². The molecule has 0 fully saturated rings. The Balaban J connectivity index is 1.82. The predicted molar refractivity (Wildman–Crippen MR) is 126 cm³/mol. The largest absolute Gasteiger partial charge is 0.506 e. The van der Waals surface area contributed by atoms with E-state index >= 15 is 0 Å². The van der Waals surface area contributed by atoms with E-state index in [1.165, 1.54) is 12.3 Å². The van der Waals surface area contributed by atoms with Crippen LogP contribution in [0.4, 0.5) is 5.69 Å². The van der Waals surface area contributed by atoms with Crippen molar-refractivity contribution in [2.24, 2.45) is 4.99 Å². The van der Waals surface area contributed by atoms with Crippen LogP contribution in [0.3, 0.4) is 0 Å². The lowest BCUT2D eigenvalue weighted by Crippen LogP contribution is -2.12. The minimum absolute atomic E-state index is 0.0631. The van der Waals surface area contributed by atoms with Gasteiger partial charge in [0.25, 0.3) is 11.5 Å². The van der Waals surface area contributed by atoms with Crippen molar-refractivity contribution in [3.05, 3.63) is 73.1 Å². The maximum absolute atomic E-state index is 12.0. The zero-order valence-electron chi connectivity index (χ0n) is 16.4. The van der Waals surface area contributed by atoms with Gasteiger partial charge in [0.05, 0.1) is 17.8 Å². The maximum Gasteiger partial charge on any atom is 0.258 e. The van der Waals surface area contributed by atoms with Gasteiger partial charge in [-0.15, -0.1) is 0 Å². The number of hydrogen-bond donors (Lipinski definition) is 4. The second kappa shape index (κ2) is 9.12. The van der Waals surface area contributed by atoms with Gasteiger partial charge in [0, 0.05) is 26.1 Å². The lowest BCUT2D eigenvalue weighted by molar-refractivity contribution is -0.112. The summed E-state index contributed by atoms with van der Waals surface area (Å²) in [6.45, 7) is 3.69. The molecule has 0 aliphatic carbocycles. The number of pyridine rings is 1. The van der Waals surface area contributed by atoms with Gasteiger partial charge in [-0.25, -0.2) is 0 Å².